The minimum Gasteiger partial charge on any atom is -0.385 e. The standard InChI is InChI=1S/C11H21NO4/c1-14-8-4-2-6-10(13)12-16-11-7-3-5-9-15-11/h11H,2-9H2,1H3,(H,12,13). The molecule has 0 spiro atoms. The third-order valence-electron chi connectivity index (χ3n) is 2.44. The molecule has 1 aliphatic heterocycles. The number of rotatable bonds is 7. The molecular formula is C11H21NO4. The van der Waals surface area contributed by atoms with E-state index in [1.165, 1.54) is 0 Å². The molecule has 5 nitrogen and oxygen atoms in total. The van der Waals surface area contributed by atoms with E-state index in [2.05, 4.69) is 5.48 Å². The molecule has 0 aromatic carbocycles. The summed E-state index contributed by atoms with van der Waals surface area (Å²) >= 11 is 0. The van der Waals surface area contributed by atoms with Gasteiger partial charge in [-0.2, -0.15) is 0 Å². The van der Waals surface area contributed by atoms with Crippen LogP contribution in [0.25, 0.3) is 0 Å². The maximum Gasteiger partial charge on any atom is 0.243 e. The van der Waals surface area contributed by atoms with Crippen molar-refractivity contribution in [3.8, 4) is 0 Å². The van der Waals surface area contributed by atoms with Gasteiger partial charge in [-0.15, -0.1) is 0 Å². The van der Waals surface area contributed by atoms with Gasteiger partial charge in [0.15, 0.2) is 6.29 Å². The molecule has 0 radical (unpaired) electrons. The Hall–Kier alpha value is -0.650. The van der Waals surface area contributed by atoms with Gasteiger partial charge in [0.25, 0.3) is 0 Å². The molecule has 0 bridgehead atoms. The summed E-state index contributed by atoms with van der Waals surface area (Å²) in [4.78, 5) is 16.5. The van der Waals surface area contributed by atoms with Gasteiger partial charge in [-0.25, -0.2) is 10.3 Å². The Balaban J connectivity index is 1.96. The van der Waals surface area contributed by atoms with Crippen LogP contribution in [0.1, 0.15) is 38.5 Å². The van der Waals surface area contributed by atoms with Gasteiger partial charge >= 0.3 is 0 Å². The largest absolute Gasteiger partial charge is 0.385 e. The first-order valence-electron chi connectivity index (χ1n) is 5.88. The van der Waals surface area contributed by atoms with E-state index in [4.69, 9.17) is 14.3 Å². The summed E-state index contributed by atoms with van der Waals surface area (Å²) in [5, 5.41) is 0. The highest BCUT2D eigenvalue weighted by molar-refractivity contribution is 5.74. The van der Waals surface area contributed by atoms with Gasteiger partial charge in [-0.1, -0.05) is 0 Å². The van der Waals surface area contributed by atoms with E-state index in [1.807, 2.05) is 0 Å². The van der Waals surface area contributed by atoms with Crippen LogP contribution in [0, 0.1) is 0 Å². The Kier molecular flexibility index (Phi) is 7.12. The molecule has 0 saturated carbocycles. The van der Waals surface area contributed by atoms with E-state index in [-0.39, 0.29) is 12.2 Å². The van der Waals surface area contributed by atoms with Crippen molar-refractivity contribution in [2.45, 2.75) is 44.8 Å². The van der Waals surface area contributed by atoms with Crippen LogP contribution in [0.15, 0.2) is 0 Å². The molecular weight excluding hydrogens is 210 g/mol. The van der Waals surface area contributed by atoms with Crippen LogP contribution < -0.4 is 5.48 Å². The fourth-order valence-corrected chi connectivity index (χ4v) is 1.52. The quantitative estimate of drug-likeness (QED) is 0.531. The third kappa shape index (κ3) is 6.05. The number of carbonyl (C=O) groups excluding carboxylic acids is 1. The Bertz CT molecular complexity index is 192. The van der Waals surface area contributed by atoms with Gasteiger partial charge in [-0.05, 0) is 25.7 Å². The van der Waals surface area contributed by atoms with Crippen LogP contribution in [0.4, 0.5) is 0 Å². The van der Waals surface area contributed by atoms with Crippen LogP contribution in [-0.4, -0.2) is 32.5 Å². The Morgan fingerprint density at radius 1 is 1.44 bits per heavy atom. The molecule has 1 aliphatic rings. The molecule has 1 unspecified atom stereocenters. The molecule has 1 N–H and O–H groups in total. The summed E-state index contributed by atoms with van der Waals surface area (Å²) in [7, 11) is 1.66. The van der Waals surface area contributed by atoms with Gasteiger partial charge in [0.05, 0.1) is 0 Å². The Morgan fingerprint density at radius 2 is 2.31 bits per heavy atom. The summed E-state index contributed by atoms with van der Waals surface area (Å²) in [6.07, 6.45) is 4.93. The lowest BCUT2D eigenvalue weighted by atomic mass is 10.2. The zero-order valence-corrected chi connectivity index (χ0v) is 9.87. The molecule has 16 heavy (non-hydrogen) atoms. The molecule has 5 heteroatoms. The van der Waals surface area contributed by atoms with Crippen LogP contribution in [0.3, 0.4) is 0 Å². The molecule has 1 atom stereocenters. The average Bonchev–Trinajstić information content (AvgIpc) is 2.33. The number of methoxy groups -OCH3 is 1. The summed E-state index contributed by atoms with van der Waals surface area (Å²) in [6.45, 7) is 1.41. The SMILES string of the molecule is COCCCCC(=O)NOC1CCCCO1. The fraction of sp³-hybridized carbons (Fsp3) is 0.909. The first-order valence-corrected chi connectivity index (χ1v) is 5.88. The van der Waals surface area contributed by atoms with Gasteiger partial charge in [0.1, 0.15) is 0 Å². The molecule has 1 amide bonds. The van der Waals surface area contributed by atoms with Crippen molar-refractivity contribution in [1.82, 2.24) is 5.48 Å². The van der Waals surface area contributed by atoms with Crippen LogP contribution in [-0.2, 0) is 19.1 Å². The monoisotopic (exact) mass is 231 g/mol. The van der Waals surface area contributed by atoms with E-state index in [1.54, 1.807) is 7.11 Å². The number of hydroxylamine groups is 1. The Labute approximate surface area is 96.4 Å². The number of amides is 1. The molecule has 0 aromatic rings. The van der Waals surface area contributed by atoms with Crippen LogP contribution >= 0.6 is 0 Å². The highest BCUT2D eigenvalue weighted by Gasteiger charge is 2.15. The number of ether oxygens (including phenoxy) is 2. The van der Waals surface area contributed by atoms with E-state index < -0.39 is 0 Å². The van der Waals surface area contributed by atoms with Crippen molar-refractivity contribution >= 4 is 5.91 Å². The lowest BCUT2D eigenvalue weighted by Gasteiger charge is -2.22. The van der Waals surface area contributed by atoms with Crippen LogP contribution in [0.5, 0.6) is 0 Å². The smallest absolute Gasteiger partial charge is 0.243 e. The van der Waals surface area contributed by atoms with Gasteiger partial charge < -0.3 is 9.47 Å². The van der Waals surface area contributed by atoms with Gasteiger partial charge in [0.2, 0.25) is 5.91 Å². The maximum absolute atomic E-state index is 11.3. The lowest BCUT2D eigenvalue weighted by Crippen LogP contribution is -2.32. The van der Waals surface area contributed by atoms with Crippen molar-refractivity contribution in [2.75, 3.05) is 20.3 Å². The van der Waals surface area contributed by atoms with E-state index in [9.17, 15) is 4.79 Å². The molecule has 1 saturated heterocycles. The number of hydrogen-bond acceptors (Lipinski definition) is 4. The zero-order chi connectivity index (χ0) is 11.6. The molecule has 0 aromatic heterocycles. The van der Waals surface area contributed by atoms with Crippen molar-refractivity contribution in [2.24, 2.45) is 0 Å². The van der Waals surface area contributed by atoms with Crippen molar-refractivity contribution in [3.05, 3.63) is 0 Å². The number of nitrogens with one attached hydrogen (secondary N) is 1. The second-order valence-corrected chi connectivity index (χ2v) is 3.89. The average molecular weight is 231 g/mol. The molecule has 1 fully saturated rings. The second kappa shape index (κ2) is 8.50. The van der Waals surface area contributed by atoms with E-state index in [0.717, 1.165) is 32.1 Å². The van der Waals surface area contributed by atoms with E-state index >= 15 is 0 Å². The number of hydrogen-bond donors (Lipinski definition) is 1. The molecule has 94 valence electrons. The first-order chi connectivity index (χ1) is 7.83. The van der Waals surface area contributed by atoms with E-state index in [0.29, 0.717) is 19.6 Å². The first kappa shape index (κ1) is 13.4. The fourth-order valence-electron chi connectivity index (χ4n) is 1.52. The third-order valence-corrected chi connectivity index (χ3v) is 2.44. The summed E-state index contributed by atoms with van der Waals surface area (Å²) in [5.74, 6) is -0.0923. The zero-order valence-electron chi connectivity index (χ0n) is 9.87. The predicted molar refractivity (Wildman–Crippen MR) is 58.5 cm³/mol. The topological polar surface area (TPSA) is 56.8 Å². The highest BCUT2D eigenvalue weighted by Crippen LogP contribution is 2.12. The lowest BCUT2D eigenvalue weighted by molar-refractivity contribution is -0.200. The highest BCUT2D eigenvalue weighted by atomic mass is 16.8. The van der Waals surface area contributed by atoms with Crippen molar-refractivity contribution in [1.29, 1.82) is 0 Å². The predicted octanol–water partition coefficient (Wildman–Crippen LogP) is 1.38. The minimum atomic E-state index is -0.267. The van der Waals surface area contributed by atoms with Gasteiger partial charge in [-0.3, -0.25) is 4.79 Å². The molecule has 1 rings (SSSR count). The van der Waals surface area contributed by atoms with Crippen LogP contribution in [0.2, 0.25) is 0 Å². The van der Waals surface area contributed by atoms with Crippen molar-refractivity contribution < 1.29 is 19.1 Å². The molecule has 0 aliphatic carbocycles. The van der Waals surface area contributed by atoms with Gasteiger partial charge in [0, 0.05) is 33.2 Å². The summed E-state index contributed by atoms with van der Waals surface area (Å²) in [6, 6.07) is 0. The maximum atomic E-state index is 11.3. The number of unbranched alkanes of at least 4 members (excludes halogenated alkanes) is 1. The number of carbonyl (C=O) groups is 1. The summed E-state index contributed by atoms with van der Waals surface area (Å²) < 4.78 is 10.2. The Morgan fingerprint density at radius 3 is 3.00 bits per heavy atom. The second-order valence-electron chi connectivity index (χ2n) is 3.89. The minimum absolute atomic E-state index is 0.0923. The summed E-state index contributed by atoms with van der Waals surface area (Å²) in [5.41, 5.74) is 2.42. The normalized spacial score (nSPS) is 20.7. The molecule has 1 heterocycles. The van der Waals surface area contributed by atoms with Crippen molar-refractivity contribution in [3.63, 3.8) is 0 Å².